The third-order valence-electron chi connectivity index (χ3n) is 3.80. The Hall–Kier alpha value is -3.62. The molecule has 1 aromatic heterocycles. The molecule has 1 amide bonds. The van der Waals surface area contributed by atoms with Gasteiger partial charge in [0.05, 0.1) is 12.1 Å². The van der Waals surface area contributed by atoms with Gasteiger partial charge in [0.2, 0.25) is 5.91 Å². The standard InChI is InChI=1S/C20H17F3N4O2/c21-20(22,23)16-4-1-3-15(11-16)7-8-19(28)26-17-5-2-6-18(12-17)29-10-9-27-14-24-13-25-27/h1-8,11-14H,9-10H2,(H,26,28)/b8-7+. The number of hydrogen-bond donors (Lipinski definition) is 1. The Morgan fingerprint density at radius 3 is 2.76 bits per heavy atom. The van der Waals surface area contributed by atoms with Crippen molar-refractivity contribution in [2.75, 3.05) is 11.9 Å². The fourth-order valence-corrected chi connectivity index (χ4v) is 2.44. The Morgan fingerprint density at radius 1 is 1.17 bits per heavy atom. The Labute approximate surface area is 164 Å². The Balaban J connectivity index is 1.55. The van der Waals surface area contributed by atoms with Crippen LogP contribution in [0.5, 0.6) is 5.75 Å². The highest BCUT2D eigenvalue weighted by Crippen LogP contribution is 2.29. The molecule has 2 aromatic carbocycles. The highest BCUT2D eigenvalue weighted by molar-refractivity contribution is 6.02. The molecule has 0 saturated carbocycles. The number of anilines is 1. The van der Waals surface area contributed by atoms with Gasteiger partial charge in [0.1, 0.15) is 25.0 Å². The normalized spacial score (nSPS) is 11.6. The van der Waals surface area contributed by atoms with Crippen molar-refractivity contribution in [2.24, 2.45) is 0 Å². The minimum Gasteiger partial charge on any atom is -0.492 e. The van der Waals surface area contributed by atoms with E-state index in [9.17, 15) is 18.0 Å². The molecule has 0 fully saturated rings. The maximum Gasteiger partial charge on any atom is 0.416 e. The lowest BCUT2D eigenvalue weighted by Crippen LogP contribution is -2.10. The zero-order valence-corrected chi connectivity index (χ0v) is 15.1. The van der Waals surface area contributed by atoms with Crippen LogP contribution in [0.1, 0.15) is 11.1 Å². The van der Waals surface area contributed by atoms with Gasteiger partial charge < -0.3 is 10.1 Å². The number of benzene rings is 2. The van der Waals surface area contributed by atoms with Gasteiger partial charge in [-0.05, 0) is 35.9 Å². The van der Waals surface area contributed by atoms with Crippen LogP contribution in [-0.2, 0) is 17.5 Å². The predicted octanol–water partition coefficient (Wildman–Crippen LogP) is 4.03. The van der Waals surface area contributed by atoms with Gasteiger partial charge in [-0.1, -0.05) is 18.2 Å². The van der Waals surface area contributed by atoms with Crippen molar-refractivity contribution < 1.29 is 22.7 Å². The van der Waals surface area contributed by atoms with Crippen molar-refractivity contribution in [2.45, 2.75) is 12.7 Å². The third kappa shape index (κ3) is 6.20. The van der Waals surface area contributed by atoms with Crippen molar-refractivity contribution in [1.29, 1.82) is 0 Å². The molecule has 150 valence electrons. The Kier molecular flexibility index (Phi) is 6.28. The summed E-state index contributed by atoms with van der Waals surface area (Å²) in [5.74, 6) is 0.0898. The van der Waals surface area contributed by atoms with E-state index in [1.807, 2.05) is 0 Å². The van der Waals surface area contributed by atoms with Crippen molar-refractivity contribution in [3.63, 3.8) is 0 Å². The fraction of sp³-hybridized carbons (Fsp3) is 0.150. The van der Waals surface area contributed by atoms with Crippen LogP contribution >= 0.6 is 0 Å². The maximum absolute atomic E-state index is 12.7. The molecule has 29 heavy (non-hydrogen) atoms. The highest BCUT2D eigenvalue weighted by atomic mass is 19.4. The van der Waals surface area contributed by atoms with Gasteiger partial charge in [-0.3, -0.25) is 4.79 Å². The van der Waals surface area contributed by atoms with Crippen LogP contribution in [-0.4, -0.2) is 27.3 Å². The van der Waals surface area contributed by atoms with E-state index >= 15 is 0 Å². The number of nitrogens with one attached hydrogen (secondary N) is 1. The monoisotopic (exact) mass is 402 g/mol. The molecule has 0 atom stereocenters. The quantitative estimate of drug-likeness (QED) is 0.606. The lowest BCUT2D eigenvalue weighted by molar-refractivity contribution is -0.137. The molecular weight excluding hydrogens is 385 g/mol. The molecule has 9 heteroatoms. The average Bonchev–Trinajstić information content (AvgIpc) is 3.20. The second-order valence-corrected chi connectivity index (χ2v) is 5.98. The number of ether oxygens (including phenoxy) is 1. The summed E-state index contributed by atoms with van der Waals surface area (Å²) in [5.41, 5.74) is 0.0120. The fourth-order valence-electron chi connectivity index (χ4n) is 2.44. The van der Waals surface area contributed by atoms with E-state index in [1.165, 1.54) is 30.6 Å². The van der Waals surface area contributed by atoms with E-state index in [-0.39, 0.29) is 5.56 Å². The van der Waals surface area contributed by atoms with E-state index in [2.05, 4.69) is 15.4 Å². The Morgan fingerprint density at radius 2 is 2.00 bits per heavy atom. The summed E-state index contributed by atoms with van der Waals surface area (Å²) < 4.78 is 45.5. The van der Waals surface area contributed by atoms with Gasteiger partial charge in [0, 0.05) is 17.8 Å². The number of hydrogen-bond acceptors (Lipinski definition) is 4. The van der Waals surface area contributed by atoms with E-state index in [0.717, 1.165) is 12.1 Å². The first-order chi connectivity index (χ1) is 13.9. The van der Waals surface area contributed by atoms with E-state index < -0.39 is 17.6 Å². The second-order valence-electron chi connectivity index (χ2n) is 5.98. The first-order valence-electron chi connectivity index (χ1n) is 8.62. The van der Waals surface area contributed by atoms with Crippen molar-refractivity contribution in [1.82, 2.24) is 14.8 Å². The number of halogens is 3. The molecule has 0 saturated heterocycles. The molecule has 1 heterocycles. The molecule has 0 bridgehead atoms. The number of carbonyl (C=O) groups excluding carboxylic acids is 1. The first-order valence-corrected chi connectivity index (χ1v) is 8.62. The molecule has 0 radical (unpaired) electrons. The van der Waals surface area contributed by atoms with Crippen LogP contribution in [0.3, 0.4) is 0 Å². The summed E-state index contributed by atoms with van der Waals surface area (Å²) in [7, 11) is 0. The molecule has 0 aliphatic carbocycles. The zero-order chi connectivity index (χ0) is 20.7. The molecule has 0 aliphatic rings. The molecule has 0 spiro atoms. The van der Waals surface area contributed by atoms with Gasteiger partial charge in [0.25, 0.3) is 0 Å². The van der Waals surface area contributed by atoms with Crippen molar-refractivity contribution in [3.05, 3.63) is 78.4 Å². The van der Waals surface area contributed by atoms with Gasteiger partial charge in [-0.25, -0.2) is 9.67 Å². The van der Waals surface area contributed by atoms with E-state index in [0.29, 0.717) is 24.6 Å². The largest absolute Gasteiger partial charge is 0.492 e. The van der Waals surface area contributed by atoms with Crippen LogP contribution in [0.25, 0.3) is 6.08 Å². The van der Waals surface area contributed by atoms with Crippen LogP contribution < -0.4 is 10.1 Å². The van der Waals surface area contributed by atoms with Crippen molar-refractivity contribution >= 4 is 17.7 Å². The van der Waals surface area contributed by atoms with Gasteiger partial charge in [-0.15, -0.1) is 0 Å². The second kappa shape index (κ2) is 9.05. The summed E-state index contributed by atoms with van der Waals surface area (Å²) in [6.45, 7) is 0.895. The number of carbonyl (C=O) groups is 1. The number of rotatable bonds is 7. The van der Waals surface area contributed by atoms with Crippen molar-refractivity contribution in [3.8, 4) is 5.75 Å². The molecule has 0 unspecified atom stereocenters. The van der Waals surface area contributed by atoms with E-state index in [4.69, 9.17) is 4.74 Å². The number of nitrogens with zero attached hydrogens (tertiary/aromatic N) is 3. The summed E-state index contributed by atoms with van der Waals surface area (Å²) >= 11 is 0. The minimum atomic E-state index is -4.43. The molecule has 0 aliphatic heterocycles. The highest BCUT2D eigenvalue weighted by Gasteiger charge is 2.30. The molecule has 3 rings (SSSR count). The van der Waals surface area contributed by atoms with Gasteiger partial charge in [-0.2, -0.15) is 18.3 Å². The average molecular weight is 402 g/mol. The van der Waals surface area contributed by atoms with Crippen LogP contribution in [0.4, 0.5) is 18.9 Å². The predicted molar refractivity (Wildman–Crippen MR) is 101 cm³/mol. The maximum atomic E-state index is 12.7. The topological polar surface area (TPSA) is 69.0 Å². The number of alkyl halides is 3. The number of amides is 1. The molecule has 1 N–H and O–H groups in total. The van der Waals surface area contributed by atoms with Crippen LogP contribution in [0.15, 0.2) is 67.3 Å². The molecular formula is C20H17F3N4O2. The van der Waals surface area contributed by atoms with E-state index in [1.54, 1.807) is 35.3 Å². The van der Waals surface area contributed by atoms with Crippen LogP contribution in [0, 0.1) is 0 Å². The number of aromatic nitrogens is 3. The summed E-state index contributed by atoms with van der Waals surface area (Å²) in [5, 5.41) is 6.61. The summed E-state index contributed by atoms with van der Waals surface area (Å²) in [4.78, 5) is 15.9. The SMILES string of the molecule is O=C(/C=C/c1cccc(C(F)(F)F)c1)Nc1cccc(OCCn2cncn2)c1. The first kappa shape index (κ1) is 20.1. The van der Waals surface area contributed by atoms with Gasteiger partial charge >= 0.3 is 6.18 Å². The summed E-state index contributed by atoms with van der Waals surface area (Å²) in [6.07, 6.45) is 1.08. The lowest BCUT2D eigenvalue weighted by Gasteiger charge is -2.08. The van der Waals surface area contributed by atoms with Gasteiger partial charge in [0.15, 0.2) is 0 Å². The van der Waals surface area contributed by atoms with Crippen LogP contribution in [0.2, 0.25) is 0 Å². The Bertz CT molecular complexity index is 985. The molecule has 6 nitrogen and oxygen atoms in total. The third-order valence-corrected chi connectivity index (χ3v) is 3.80. The molecule has 3 aromatic rings. The minimum absolute atomic E-state index is 0.278. The lowest BCUT2D eigenvalue weighted by atomic mass is 10.1. The zero-order valence-electron chi connectivity index (χ0n) is 15.1. The summed E-state index contributed by atoms with van der Waals surface area (Å²) in [6, 6.07) is 11.5. The smallest absolute Gasteiger partial charge is 0.416 e.